The third kappa shape index (κ3) is 3.08. The average molecular weight is 326 g/mol. The predicted octanol–water partition coefficient (Wildman–Crippen LogP) is 1.000. The molecule has 1 aliphatic carbocycles. The van der Waals surface area contributed by atoms with Gasteiger partial charge in [0, 0.05) is 0 Å². The SMILES string of the molecule is COC(=O)C(O)(C1CCC(C(=O)OC(C)C)C1=O)C(F)(F)F. The van der Waals surface area contributed by atoms with Crippen LogP contribution in [0.2, 0.25) is 0 Å². The second-order valence-corrected chi connectivity index (χ2v) is 5.33. The zero-order valence-corrected chi connectivity index (χ0v) is 12.3. The molecule has 0 heterocycles. The van der Waals surface area contributed by atoms with Crippen molar-refractivity contribution >= 4 is 17.7 Å². The number of ketones is 1. The Labute approximate surface area is 124 Å². The van der Waals surface area contributed by atoms with Gasteiger partial charge in [-0.05, 0) is 26.7 Å². The van der Waals surface area contributed by atoms with E-state index >= 15 is 0 Å². The first-order chi connectivity index (χ1) is 9.96. The smallest absolute Gasteiger partial charge is 0.428 e. The molecule has 1 rings (SSSR count). The summed E-state index contributed by atoms with van der Waals surface area (Å²) in [5, 5.41) is 9.80. The van der Waals surface area contributed by atoms with E-state index in [4.69, 9.17) is 4.74 Å². The highest BCUT2D eigenvalue weighted by Crippen LogP contribution is 2.44. The zero-order valence-electron chi connectivity index (χ0n) is 12.3. The molecule has 0 spiro atoms. The number of hydrogen-bond donors (Lipinski definition) is 1. The first kappa shape index (κ1) is 18.4. The minimum Gasteiger partial charge on any atom is -0.467 e. The predicted molar refractivity (Wildman–Crippen MR) is 65.5 cm³/mol. The van der Waals surface area contributed by atoms with Crippen LogP contribution < -0.4 is 0 Å². The van der Waals surface area contributed by atoms with Crippen molar-refractivity contribution in [3.05, 3.63) is 0 Å². The Morgan fingerprint density at radius 1 is 1.27 bits per heavy atom. The Morgan fingerprint density at radius 3 is 2.23 bits per heavy atom. The molecule has 1 saturated carbocycles. The monoisotopic (exact) mass is 326 g/mol. The fourth-order valence-electron chi connectivity index (χ4n) is 2.44. The first-order valence-electron chi connectivity index (χ1n) is 6.58. The Kier molecular flexibility index (Phi) is 5.21. The molecule has 0 aliphatic heterocycles. The molecular weight excluding hydrogens is 309 g/mol. The van der Waals surface area contributed by atoms with Crippen molar-refractivity contribution < 1.29 is 42.1 Å². The third-order valence-electron chi connectivity index (χ3n) is 3.50. The third-order valence-corrected chi connectivity index (χ3v) is 3.50. The molecule has 3 unspecified atom stereocenters. The minimum absolute atomic E-state index is 0.232. The van der Waals surface area contributed by atoms with Crippen LogP contribution in [0, 0.1) is 11.8 Å². The molecule has 0 aromatic heterocycles. The summed E-state index contributed by atoms with van der Waals surface area (Å²) in [6.07, 6.45) is -6.65. The molecule has 9 heteroatoms. The lowest BCUT2D eigenvalue weighted by Crippen LogP contribution is -2.59. The van der Waals surface area contributed by atoms with Gasteiger partial charge in [0.05, 0.1) is 19.1 Å². The van der Waals surface area contributed by atoms with Gasteiger partial charge in [-0.25, -0.2) is 4.79 Å². The van der Waals surface area contributed by atoms with Crippen LogP contribution in [0.25, 0.3) is 0 Å². The van der Waals surface area contributed by atoms with Gasteiger partial charge < -0.3 is 14.6 Å². The van der Waals surface area contributed by atoms with Gasteiger partial charge in [0.2, 0.25) is 0 Å². The highest BCUT2D eigenvalue weighted by atomic mass is 19.4. The number of hydrogen-bond acceptors (Lipinski definition) is 6. The summed E-state index contributed by atoms with van der Waals surface area (Å²) in [6, 6.07) is 0. The number of Topliss-reactive ketones (excluding diaryl/α,β-unsaturated/α-hetero) is 1. The summed E-state index contributed by atoms with van der Waals surface area (Å²) >= 11 is 0. The fraction of sp³-hybridized carbons (Fsp3) is 0.769. The largest absolute Gasteiger partial charge is 0.467 e. The van der Waals surface area contributed by atoms with Gasteiger partial charge >= 0.3 is 18.1 Å². The van der Waals surface area contributed by atoms with Crippen molar-refractivity contribution in [1.82, 2.24) is 0 Å². The van der Waals surface area contributed by atoms with E-state index in [1.54, 1.807) is 0 Å². The topological polar surface area (TPSA) is 89.9 Å². The second-order valence-electron chi connectivity index (χ2n) is 5.33. The number of carbonyl (C=O) groups excluding carboxylic acids is 3. The van der Waals surface area contributed by atoms with Crippen LogP contribution in [-0.2, 0) is 23.9 Å². The Bertz CT molecular complexity index is 473. The van der Waals surface area contributed by atoms with Crippen molar-refractivity contribution in [3.8, 4) is 0 Å². The summed E-state index contributed by atoms with van der Waals surface area (Å²) in [6.45, 7) is 3.05. The van der Waals surface area contributed by atoms with Gasteiger partial charge in [-0.15, -0.1) is 0 Å². The highest BCUT2D eigenvalue weighted by molar-refractivity contribution is 6.04. The van der Waals surface area contributed by atoms with Crippen molar-refractivity contribution in [3.63, 3.8) is 0 Å². The lowest BCUT2D eigenvalue weighted by molar-refractivity contribution is -0.274. The summed E-state index contributed by atoms with van der Waals surface area (Å²) < 4.78 is 48.0. The van der Waals surface area contributed by atoms with Gasteiger partial charge in [-0.3, -0.25) is 9.59 Å². The lowest BCUT2D eigenvalue weighted by Gasteiger charge is -2.32. The van der Waals surface area contributed by atoms with Crippen LogP contribution in [0.4, 0.5) is 13.2 Å². The van der Waals surface area contributed by atoms with Gasteiger partial charge in [0.1, 0.15) is 5.92 Å². The van der Waals surface area contributed by atoms with E-state index in [2.05, 4.69) is 4.74 Å². The van der Waals surface area contributed by atoms with Gasteiger partial charge in [-0.2, -0.15) is 13.2 Å². The normalized spacial score (nSPS) is 25.0. The van der Waals surface area contributed by atoms with Crippen LogP contribution >= 0.6 is 0 Å². The molecule has 0 aromatic rings. The van der Waals surface area contributed by atoms with Gasteiger partial charge in [0.15, 0.2) is 5.78 Å². The Hall–Kier alpha value is -1.64. The molecule has 1 fully saturated rings. The maximum absolute atomic E-state index is 13.1. The van der Waals surface area contributed by atoms with E-state index in [0.29, 0.717) is 7.11 Å². The summed E-state index contributed by atoms with van der Waals surface area (Å²) in [5.74, 6) is -7.63. The van der Waals surface area contributed by atoms with Crippen molar-refractivity contribution in [1.29, 1.82) is 0 Å². The van der Waals surface area contributed by atoms with E-state index in [1.807, 2.05) is 0 Å². The van der Waals surface area contributed by atoms with E-state index in [-0.39, 0.29) is 6.42 Å². The number of ether oxygens (including phenoxy) is 2. The second kappa shape index (κ2) is 6.23. The summed E-state index contributed by atoms with van der Waals surface area (Å²) in [4.78, 5) is 35.2. The number of aliphatic hydroxyl groups is 1. The molecule has 22 heavy (non-hydrogen) atoms. The molecule has 3 atom stereocenters. The lowest BCUT2D eigenvalue weighted by atomic mass is 9.83. The number of carbonyl (C=O) groups is 3. The maximum atomic E-state index is 13.1. The number of methoxy groups -OCH3 is 1. The standard InChI is InChI=1S/C13H17F3O6/c1-6(2)22-10(18)7-4-5-8(9(7)17)12(20,11(19)21-3)13(14,15)16/h6-8,20H,4-5H2,1-3H3. The van der Waals surface area contributed by atoms with E-state index < -0.39 is 53.9 Å². The highest BCUT2D eigenvalue weighted by Gasteiger charge is 2.68. The van der Waals surface area contributed by atoms with Crippen LogP contribution in [0.3, 0.4) is 0 Å². The molecular formula is C13H17F3O6. The number of alkyl halides is 3. The van der Waals surface area contributed by atoms with Crippen LogP contribution in [0.15, 0.2) is 0 Å². The van der Waals surface area contributed by atoms with Crippen molar-refractivity contribution in [2.24, 2.45) is 11.8 Å². The van der Waals surface area contributed by atoms with Crippen molar-refractivity contribution in [2.45, 2.75) is 44.6 Å². The summed E-state index contributed by atoms with van der Waals surface area (Å²) in [7, 11) is 0.670. The molecule has 6 nitrogen and oxygen atoms in total. The Morgan fingerprint density at radius 2 is 1.82 bits per heavy atom. The maximum Gasteiger partial charge on any atom is 0.428 e. The van der Waals surface area contributed by atoms with E-state index in [0.717, 1.165) is 0 Å². The summed E-state index contributed by atoms with van der Waals surface area (Å²) in [5.41, 5.74) is -3.97. The quantitative estimate of drug-likeness (QED) is 0.612. The van der Waals surface area contributed by atoms with Crippen molar-refractivity contribution in [2.75, 3.05) is 7.11 Å². The van der Waals surface area contributed by atoms with Gasteiger partial charge in [0.25, 0.3) is 5.60 Å². The molecule has 0 saturated heterocycles. The zero-order chi connectivity index (χ0) is 17.3. The first-order valence-corrected chi connectivity index (χ1v) is 6.58. The van der Waals surface area contributed by atoms with Crippen LogP contribution in [0.1, 0.15) is 26.7 Å². The van der Waals surface area contributed by atoms with E-state index in [1.165, 1.54) is 13.8 Å². The minimum atomic E-state index is -5.41. The molecule has 0 aromatic carbocycles. The van der Waals surface area contributed by atoms with E-state index in [9.17, 15) is 32.7 Å². The van der Waals surface area contributed by atoms with Crippen LogP contribution in [-0.4, -0.2) is 47.8 Å². The molecule has 0 radical (unpaired) electrons. The van der Waals surface area contributed by atoms with Gasteiger partial charge in [-0.1, -0.05) is 0 Å². The molecule has 0 amide bonds. The number of rotatable bonds is 4. The average Bonchev–Trinajstić information content (AvgIpc) is 2.76. The van der Waals surface area contributed by atoms with Crippen LogP contribution in [0.5, 0.6) is 0 Å². The molecule has 1 N–H and O–H groups in total. The molecule has 126 valence electrons. The number of halogens is 3. The molecule has 1 aliphatic rings. The fourth-order valence-corrected chi connectivity index (χ4v) is 2.44. The Balaban J connectivity index is 3.09. The molecule has 0 bridgehead atoms. The number of esters is 2.